The standard InChI is InChI=1S/C35H41N3O5/c1-22(2)18-30(33(41)37-16-14-23-10-6-9-13-26(23)21-37)36-29(34(42)43-35(3,4)5)15-17-38-31(39)27-19-24-11-7-8-12-25(24)20-28(27)32(38)40/h6-13,19-20,22,29-30,36H,14-18,21H2,1-5H3/t29-,30+/m1/s1. The highest BCUT2D eigenvalue weighted by molar-refractivity contribution is 6.23. The van der Waals surface area contributed by atoms with Crippen LogP contribution in [-0.2, 0) is 27.3 Å². The number of carbonyl (C=O) groups is 4. The molecule has 8 heteroatoms. The Kier molecular flexibility index (Phi) is 8.69. The summed E-state index contributed by atoms with van der Waals surface area (Å²) in [6, 6.07) is 17.7. The van der Waals surface area contributed by atoms with E-state index in [1.165, 1.54) is 10.5 Å². The third-order valence-corrected chi connectivity index (χ3v) is 8.02. The van der Waals surface area contributed by atoms with Gasteiger partial charge in [-0.25, -0.2) is 0 Å². The summed E-state index contributed by atoms with van der Waals surface area (Å²) >= 11 is 0. The molecule has 43 heavy (non-hydrogen) atoms. The highest BCUT2D eigenvalue weighted by Crippen LogP contribution is 2.29. The van der Waals surface area contributed by atoms with Crippen molar-refractivity contribution in [1.29, 1.82) is 0 Å². The second-order valence-corrected chi connectivity index (χ2v) is 13.0. The molecule has 0 aromatic heterocycles. The van der Waals surface area contributed by atoms with E-state index >= 15 is 0 Å². The molecule has 0 spiro atoms. The van der Waals surface area contributed by atoms with Crippen molar-refractivity contribution in [2.45, 2.75) is 78.1 Å². The van der Waals surface area contributed by atoms with Crippen molar-refractivity contribution >= 4 is 34.5 Å². The molecule has 0 fully saturated rings. The third-order valence-electron chi connectivity index (χ3n) is 8.02. The summed E-state index contributed by atoms with van der Waals surface area (Å²) in [5.74, 6) is -1.15. The van der Waals surface area contributed by atoms with Crippen molar-refractivity contribution in [2.24, 2.45) is 5.92 Å². The second kappa shape index (κ2) is 12.3. The van der Waals surface area contributed by atoms with Gasteiger partial charge in [0.2, 0.25) is 5.91 Å². The number of fused-ring (bicyclic) bond motifs is 3. The molecule has 2 aliphatic heterocycles. The van der Waals surface area contributed by atoms with Crippen molar-refractivity contribution in [3.8, 4) is 0 Å². The van der Waals surface area contributed by atoms with E-state index in [9.17, 15) is 19.2 Å². The number of nitrogens with zero attached hydrogens (tertiary/aromatic N) is 2. The molecule has 8 nitrogen and oxygen atoms in total. The van der Waals surface area contributed by atoms with Crippen LogP contribution in [0.5, 0.6) is 0 Å². The van der Waals surface area contributed by atoms with Gasteiger partial charge in [0.05, 0.1) is 17.2 Å². The molecule has 0 radical (unpaired) electrons. The van der Waals surface area contributed by atoms with E-state index in [0.717, 1.165) is 22.8 Å². The van der Waals surface area contributed by atoms with Crippen LogP contribution in [0.4, 0.5) is 0 Å². The first kappa shape index (κ1) is 30.4. The molecule has 5 rings (SSSR count). The quantitative estimate of drug-likeness (QED) is 0.277. The van der Waals surface area contributed by atoms with Crippen LogP contribution in [0.25, 0.3) is 10.8 Å². The van der Waals surface area contributed by atoms with Crippen molar-refractivity contribution in [3.05, 3.63) is 82.9 Å². The summed E-state index contributed by atoms with van der Waals surface area (Å²) in [5.41, 5.74) is 2.36. The van der Waals surface area contributed by atoms with Gasteiger partial charge < -0.3 is 9.64 Å². The molecular weight excluding hydrogens is 542 g/mol. The number of rotatable bonds is 9. The first-order valence-corrected chi connectivity index (χ1v) is 15.1. The van der Waals surface area contributed by atoms with Crippen LogP contribution in [-0.4, -0.2) is 64.3 Å². The predicted molar refractivity (Wildman–Crippen MR) is 166 cm³/mol. The van der Waals surface area contributed by atoms with Crippen LogP contribution in [0, 0.1) is 5.92 Å². The molecule has 1 N–H and O–H groups in total. The van der Waals surface area contributed by atoms with Gasteiger partial charge in [-0.1, -0.05) is 62.4 Å². The largest absolute Gasteiger partial charge is 0.459 e. The van der Waals surface area contributed by atoms with Gasteiger partial charge in [0, 0.05) is 19.6 Å². The van der Waals surface area contributed by atoms with E-state index in [2.05, 4.69) is 11.4 Å². The lowest BCUT2D eigenvalue weighted by Crippen LogP contribution is -2.55. The van der Waals surface area contributed by atoms with Crippen molar-refractivity contribution in [3.63, 3.8) is 0 Å². The fraction of sp³-hybridized carbons (Fsp3) is 0.429. The number of benzene rings is 3. The lowest BCUT2D eigenvalue weighted by Gasteiger charge is -2.34. The Balaban J connectivity index is 1.35. The Morgan fingerprint density at radius 3 is 2.05 bits per heavy atom. The number of imide groups is 1. The molecule has 3 aromatic carbocycles. The fourth-order valence-electron chi connectivity index (χ4n) is 5.94. The Morgan fingerprint density at radius 1 is 0.884 bits per heavy atom. The average molecular weight is 584 g/mol. The maximum absolute atomic E-state index is 13.9. The number of hydrogen-bond acceptors (Lipinski definition) is 6. The van der Waals surface area contributed by atoms with Crippen LogP contribution in [0.15, 0.2) is 60.7 Å². The zero-order valence-electron chi connectivity index (χ0n) is 25.7. The lowest BCUT2D eigenvalue weighted by molar-refractivity contribution is -0.158. The van der Waals surface area contributed by atoms with E-state index < -0.39 is 23.7 Å². The Bertz CT molecular complexity index is 1500. The second-order valence-electron chi connectivity index (χ2n) is 13.0. The van der Waals surface area contributed by atoms with Gasteiger partial charge >= 0.3 is 5.97 Å². The maximum atomic E-state index is 13.9. The topological polar surface area (TPSA) is 96.0 Å². The van der Waals surface area contributed by atoms with Gasteiger partial charge in [-0.05, 0) is 80.0 Å². The van der Waals surface area contributed by atoms with Gasteiger partial charge in [-0.3, -0.25) is 29.4 Å². The molecule has 0 saturated heterocycles. The van der Waals surface area contributed by atoms with Crippen LogP contribution in [0.2, 0.25) is 0 Å². The molecule has 0 bridgehead atoms. The summed E-state index contributed by atoms with van der Waals surface area (Å²) in [7, 11) is 0. The maximum Gasteiger partial charge on any atom is 0.323 e. The summed E-state index contributed by atoms with van der Waals surface area (Å²) in [6.45, 7) is 10.6. The predicted octanol–water partition coefficient (Wildman–Crippen LogP) is 5.13. The zero-order chi connectivity index (χ0) is 30.9. The molecule has 0 aliphatic carbocycles. The highest BCUT2D eigenvalue weighted by atomic mass is 16.6. The molecule has 226 valence electrons. The Morgan fingerprint density at radius 2 is 1.47 bits per heavy atom. The number of esters is 1. The number of nitrogens with one attached hydrogen (secondary N) is 1. The first-order chi connectivity index (χ1) is 20.4. The molecule has 2 heterocycles. The van der Waals surface area contributed by atoms with E-state index in [1.807, 2.05) is 61.2 Å². The molecule has 0 unspecified atom stereocenters. The fourth-order valence-corrected chi connectivity index (χ4v) is 5.94. The Hall–Kier alpha value is -4.04. The molecule has 0 saturated carbocycles. The van der Waals surface area contributed by atoms with E-state index in [4.69, 9.17) is 4.74 Å². The number of carbonyl (C=O) groups excluding carboxylic acids is 4. The van der Waals surface area contributed by atoms with E-state index in [1.54, 1.807) is 32.9 Å². The average Bonchev–Trinajstić information content (AvgIpc) is 3.19. The van der Waals surface area contributed by atoms with Crippen LogP contribution >= 0.6 is 0 Å². The molecule has 3 aromatic rings. The van der Waals surface area contributed by atoms with E-state index in [0.29, 0.717) is 30.6 Å². The van der Waals surface area contributed by atoms with Gasteiger partial charge in [0.25, 0.3) is 11.8 Å². The van der Waals surface area contributed by atoms with Crippen LogP contribution in [0.1, 0.15) is 79.3 Å². The monoisotopic (exact) mass is 583 g/mol. The van der Waals surface area contributed by atoms with Crippen LogP contribution in [0.3, 0.4) is 0 Å². The highest BCUT2D eigenvalue weighted by Gasteiger charge is 2.38. The van der Waals surface area contributed by atoms with Crippen LogP contribution < -0.4 is 5.32 Å². The third kappa shape index (κ3) is 6.80. The minimum atomic E-state index is -0.896. The van der Waals surface area contributed by atoms with Crippen molar-refractivity contribution < 1.29 is 23.9 Å². The summed E-state index contributed by atoms with van der Waals surface area (Å²) in [4.78, 5) is 57.2. The Labute approximate surface area is 253 Å². The summed E-state index contributed by atoms with van der Waals surface area (Å²) < 4.78 is 5.75. The van der Waals surface area contributed by atoms with Crippen molar-refractivity contribution in [2.75, 3.05) is 13.1 Å². The molecular formula is C35H41N3O5. The van der Waals surface area contributed by atoms with E-state index in [-0.39, 0.29) is 36.6 Å². The van der Waals surface area contributed by atoms with Gasteiger partial charge in [0.15, 0.2) is 0 Å². The molecule has 2 aliphatic rings. The normalized spacial score (nSPS) is 16.3. The minimum absolute atomic E-state index is 0.0132. The summed E-state index contributed by atoms with van der Waals surface area (Å²) in [6.07, 6.45) is 1.42. The van der Waals surface area contributed by atoms with Gasteiger partial charge in [-0.15, -0.1) is 0 Å². The first-order valence-electron chi connectivity index (χ1n) is 15.1. The lowest BCUT2D eigenvalue weighted by atomic mass is 9.97. The molecule has 3 amide bonds. The smallest absolute Gasteiger partial charge is 0.323 e. The SMILES string of the molecule is CC(C)C[C@H](N[C@H](CCN1C(=O)c2cc3ccccc3cc2C1=O)C(=O)OC(C)(C)C)C(=O)N1CCc2ccccc2C1. The number of hydrogen-bond donors (Lipinski definition) is 1. The van der Waals surface area contributed by atoms with Gasteiger partial charge in [-0.2, -0.15) is 0 Å². The number of amides is 3. The van der Waals surface area contributed by atoms with Crippen molar-refractivity contribution in [1.82, 2.24) is 15.1 Å². The minimum Gasteiger partial charge on any atom is -0.459 e. The number of ether oxygens (including phenoxy) is 1. The zero-order valence-corrected chi connectivity index (χ0v) is 25.7. The molecule has 2 atom stereocenters. The van der Waals surface area contributed by atoms with Gasteiger partial charge in [0.1, 0.15) is 11.6 Å². The summed E-state index contributed by atoms with van der Waals surface area (Å²) in [5, 5.41) is 5.08.